The highest BCUT2D eigenvalue weighted by molar-refractivity contribution is 9.10. The lowest BCUT2D eigenvalue weighted by molar-refractivity contribution is 0.103. The fraction of sp³-hybridized carbons (Fsp3) is 0.133. The van der Waals surface area contributed by atoms with Crippen molar-refractivity contribution in [2.75, 3.05) is 0 Å². The Morgan fingerprint density at radius 2 is 1.58 bits per heavy atom. The normalized spacial score (nSPS) is 10.6. The van der Waals surface area contributed by atoms with E-state index in [1.807, 2.05) is 0 Å². The van der Waals surface area contributed by atoms with E-state index in [4.69, 9.17) is 0 Å². The number of aryl methyl sites for hydroxylation is 2. The van der Waals surface area contributed by atoms with Crippen molar-refractivity contribution in [3.63, 3.8) is 0 Å². The SMILES string of the molecule is Cc1cc(F)cc(C)c1C(=O)c1ccc(F)cc1Br. The molecule has 0 fully saturated rings. The molecule has 0 atom stereocenters. The predicted octanol–water partition coefficient (Wildman–Crippen LogP) is 4.58. The van der Waals surface area contributed by atoms with E-state index in [1.165, 1.54) is 30.3 Å². The minimum absolute atomic E-state index is 0.248. The van der Waals surface area contributed by atoms with Crippen molar-refractivity contribution in [1.29, 1.82) is 0 Å². The van der Waals surface area contributed by atoms with Crippen molar-refractivity contribution < 1.29 is 13.6 Å². The Kier molecular flexibility index (Phi) is 3.80. The fourth-order valence-corrected chi connectivity index (χ4v) is 2.61. The van der Waals surface area contributed by atoms with Gasteiger partial charge in [0.05, 0.1) is 0 Å². The summed E-state index contributed by atoms with van der Waals surface area (Å²) in [5.41, 5.74) is 1.95. The summed E-state index contributed by atoms with van der Waals surface area (Å²) in [7, 11) is 0. The molecule has 0 heterocycles. The van der Waals surface area contributed by atoms with E-state index in [9.17, 15) is 13.6 Å². The van der Waals surface area contributed by atoms with Crippen molar-refractivity contribution in [3.8, 4) is 0 Å². The molecule has 2 rings (SSSR count). The average molecular weight is 325 g/mol. The molecule has 0 aromatic heterocycles. The van der Waals surface area contributed by atoms with E-state index < -0.39 is 5.82 Å². The summed E-state index contributed by atoms with van der Waals surface area (Å²) < 4.78 is 26.7. The first-order valence-corrected chi connectivity index (χ1v) is 6.46. The summed E-state index contributed by atoms with van der Waals surface area (Å²) in [4.78, 5) is 12.5. The Balaban J connectivity index is 2.56. The molecule has 0 radical (unpaired) electrons. The van der Waals surface area contributed by atoms with Gasteiger partial charge < -0.3 is 0 Å². The van der Waals surface area contributed by atoms with Crippen molar-refractivity contribution >= 4 is 21.7 Å². The highest BCUT2D eigenvalue weighted by Crippen LogP contribution is 2.25. The number of hydrogen-bond donors (Lipinski definition) is 0. The molecule has 0 spiro atoms. The number of carbonyl (C=O) groups excluding carboxylic acids is 1. The summed E-state index contributed by atoms with van der Waals surface area (Å²) >= 11 is 3.17. The molecule has 0 unspecified atom stereocenters. The predicted molar refractivity (Wildman–Crippen MR) is 73.4 cm³/mol. The second-order valence-electron chi connectivity index (χ2n) is 4.37. The minimum Gasteiger partial charge on any atom is -0.289 e. The first kappa shape index (κ1) is 13.9. The highest BCUT2D eigenvalue weighted by Gasteiger charge is 2.18. The van der Waals surface area contributed by atoms with Gasteiger partial charge in [-0.25, -0.2) is 8.78 Å². The van der Waals surface area contributed by atoms with Crippen LogP contribution in [0.5, 0.6) is 0 Å². The van der Waals surface area contributed by atoms with Gasteiger partial charge in [-0.15, -0.1) is 0 Å². The van der Waals surface area contributed by atoms with Crippen LogP contribution in [0.1, 0.15) is 27.0 Å². The van der Waals surface area contributed by atoms with Crippen molar-refractivity contribution in [2.24, 2.45) is 0 Å². The maximum atomic E-state index is 13.2. The first-order chi connectivity index (χ1) is 8.90. The van der Waals surface area contributed by atoms with E-state index in [1.54, 1.807) is 13.8 Å². The van der Waals surface area contributed by atoms with Crippen LogP contribution in [0.25, 0.3) is 0 Å². The van der Waals surface area contributed by atoms with Crippen LogP contribution in [0.3, 0.4) is 0 Å². The van der Waals surface area contributed by atoms with Crippen molar-refractivity contribution in [3.05, 3.63) is 68.7 Å². The molecule has 2 aromatic carbocycles. The zero-order valence-electron chi connectivity index (χ0n) is 10.4. The van der Waals surface area contributed by atoms with Crippen LogP contribution in [0.4, 0.5) is 8.78 Å². The molecule has 0 aliphatic carbocycles. The second-order valence-corrected chi connectivity index (χ2v) is 5.22. The quantitative estimate of drug-likeness (QED) is 0.739. The summed E-state index contributed by atoms with van der Waals surface area (Å²) in [6, 6.07) is 6.52. The average Bonchev–Trinajstić information content (AvgIpc) is 2.26. The van der Waals surface area contributed by atoms with Crippen molar-refractivity contribution in [2.45, 2.75) is 13.8 Å². The second kappa shape index (κ2) is 5.21. The van der Waals surface area contributed by atoms with Gasteiger partial charge in [-0.3, -0.25) is 4.79 Å². The van der Waals surface area contributed by atoms with Gasteiger partial charge in [0.25, 0.3) is 0 Å². The Morgan fingerprint density at radius 1 is 1.00 bits per heavy atom. The number of carbonyl (C=O) groups is 1. The Morgan fingerprint density at radius 3 is 2.11 bits per heavy atom. The Hall–Kier alpha value is -1.55. The maximum absolute atomic E-state index is 13.2. The lowest BCUT2D eigenvalue weighted by Gasteiger charge is -2.10. The van der Waals surface area contributed by atoms with Gasteiger partial charge in [-0.05, 0) is 71.2 Å². The lowest BCUT2D eigenvalue weighted by atomic mass is 9.95. The third-order valence-electron chi connectivity index (χ3n) is 2.90. The summed E-state index contributed by atoms with van der Waals surface area (Å²) in [5, 5.41) is 0. The number of benzene rings is 2. The van der Waals surface area contributed by atoms with E-state index in [2.05, 4.69) is 15.9 Å². The van der Waals surface area contributed by atoms with Crippen molar-refractivity contribution in [1.82, 2.24) is 0 Å². The van der Waals surface area contributed by atoms with Crippen LogP contribution in [0.2, 0.25) is 0 Å². The highest BCUT2D eigenvalue weighted by atomic mass is 79.9. The standard InChI is InChI=1S/C15H11BrF2O/c1-8-5-11(18)6-9(2)14(8)15(19)12-4-3-10(17)7-13(12)16/h3-7H,1-2H3. The molecule has 1 nitrogen and oxygen atoms in total. The molecule has 0 saturated carbocycles. The molecular weight excluding hydrogens is 314 g/mol. The molecule has 0 bridgehead atoms. The van der Waals surface area contributed by atoms with E-state index in [0.717, 1.165) is 0 Å². The smallest absolute Gasteiger partial charge is 0.194 e. The number of hydrogen-bond acceptors (Lipinski definition) is 1. The fourth-order valence-electron chi connectivity index (χ4n) is 2.08. The molecule has 0 aliphatic heterocycles. The first-order valence-electron chi connectivity index (χ1n) is 5.66. The van der Waals surface area contributed by atoms with E-state index in [-0.39, 0.29) is 11.6 Å². The van der Waals surface area contributed by atoms with Gasteiger partial charge in [0, 0.05) is 15.6 Å². The van der Waals surface area contributed by atoms with Gasteiger partial charge in [0.15, 0.2) is 5.78 Å². The van der Waals surface area contributed by atoms with Crippen LogP contribution >= 0.6 is 15.9 Å². The molecule has 4 heteroatoms. The van der Waals surface area contributed by atoms with Crippen LogP contribution in [0, 0.1) is 25.5 Å². The Labute approximate surface area is 118 Å². The zero-order valence-corrected chi connectivity index (χ0v) is 12.0. The number of rotatable bonds is 2. The maximum Gasteiger partial charge on any atom is 0.194 e. The molecule has 98 valence electrons. The third kappa shape index (κ3) is 2.73. The van der Waals surface area contributed by atoms with Gasteiger partial charge in [-0.1, -0.05) is 0 Å². The molecule has 2 aromatic rings. The summed E-state index contributed by atoms with van der Waals surface area (Å²) in [6.45, 7) is 3.36. The molecule has 0 aliphatic rings. The summed E-state index contributed by atoms with van der Waals surface area (Å²) in [6.07, 6.45) is 0. The molecule has 0 N–H and O–H groups in total. The summed E-state index contributed by atoms with van der Waals surface area (Å²) in [5.74, 6) is -1.04. The number of halogens is 3. The molecule has 0 saturated heterocycles. The number of ketones is 1. The van der Waals surface area contributed by atoms with Gasteiger partial charge in [0.1, 0.15) is 11.6 Å². The van der Waals surface area contributed by atoms with Crippen LogP contribution in [-0.4, -0.2) is 5.78 Å². The van der Waals surface area contributed by atoms with Gasteiger partial charge >= 0.3 is 0 Å². The monoisotopic (exact) mass is 324 g/mol. The van der Waals surface area contributed by atoms with Gasteiger partial charge in [0.2, 0.25) is 0 Å². The molecule has 0 amide bonds. The van der Waals surface area contributed by atoms with E-state index in [0.29, 0.717) is 26.7 Å². The molecule has 19 heavy (non-hydrogen) atoms. The minimum atomic E-state index is -0.420. The topological polar surface area (TPSA) is 17.1 Å². The van der Waals surface area contributed by atoms with Crippen LogP contribution in [0.15, 0.2) is 34.8 Å². The third-order valence-corrected chi connectivity index (χ3v) is 3.56. The molecular formula is C15H11BrF2O. The lowest BCUT2D eigenvalue weighted by Crippen LogP contribution is -2.08. The Bertz CT molecular complexity index is 642. The largest absolute Gasteiger partial charge is 0.289 e. The van der Waals surface area contributed by atoms with Crippen LogP contribution in [-0.2, 0) is 0 Å². The van der Waals surface area contributed by atoms with Gasteiger partial charge in [-0.2, -0.15) is 0 Å². The van der Waals surface area contributed by atoms with Crippen LogP contribution < -0.4 is 0 Å². The zero-order chi connectivity index (χ0) is 14.2. The van der Waals surface area contributed by atoms with E-state index >= 15 is 0 Å².